The summed E-state index contributed by atoms with van der Waals surface area (Å²) in [5.41, 5.74) is 1.84. The van der Waals surface area contributed by atoms with E-state index in [1.807, 2.05) is 18.2 Å². The molecule has 2 rings (SSSR count). The van der Waals surface area contributed by atoms with Crippen molar-refractivity contribution in [1.29, 1.82) is 0 Å². The van der Waals surface area contributed by atoms with Gasteiger partial charge < -0.3 is 5.32 Å². The van der Waals surface area contributed by atoms with Crippen molar-refractivity contribution in [2.75, 3.05) is 11.9 Å². The molecule has 1 heterocycles. The van der Waals surface area contributed by atoms with Crippen LogP contribution in [-0.2, 0) is 0 Å². The molecule has 1 aromatic heterocycles. The highest BCUT2D eigenvalue weighted by atomic mass is 35.5. The third-order valence-electron chi connectivity index (χ3n) is 2.73. The van der Waals surface area contributed by atoms with Gasteiger partial charge in [0.05, 0.1) is 10.7 Å². The molecule has 0 amide bonds. The quantitative estimate of drug-likeness (QED) is 0.812. The average Bonchev–Trinajstić information content (AvgIpc) is 2.88. The summed E-state index contributed by atoms with van der Waals surface area (Å²) in [7, 11) is 0. The van der Waals surface area contributed by atoms with E-state index in [2.05, 4.69) is 22.3 Å². The highest BCUT2D eigenvalue weighted by Crippen LogP contribution is 2.27. The van der Waals surface area contributed by atoms with Gasteiger partial charge in [-0.25, -0.2) is 9.67 Å². The second-order valence-electron chi connectivity index (χ2n) is 4.11. The number of hydrogen-bond donors (Lipinski definition) is 1. The summed E-state index contributed by atoms with van der Waals surface area (Å²) in [6.45, 7) is 3.14. The zero-order valence-electron chi connectivity index (χ0n) is 10.4. The monoisotopic (exact) mass is 264 g/mol. The molecule has 0 aliphatic heterocycles. The molecule has 18 heavy (non-hydrogen) atoms. The third kappa shape index (κ3) is 3.01. The van der Waals surface area contributed by atoms with Crippen molar-refractivity contribution in [3.8, 4) is 5.69 Å². The number of nitrogens with zero attached hydrogens (tertiary/aromatic N) is 3. The van der Waals surface area contributed by atoms with E-state index < -0.39 is 0 Å². The van der Waals surface area contributed by atoms with Crippen molar-refractivity contribution in [2.45, 2.75) is 26.2 Å². The fourth-order valence-electron chi connectivity index (χ4n) is 1.81. The van der Waals surface area contributed by atoms with Gasteiger partial charge in [-0.05, 0) is 18.6 Å². The summed E-state index contributed by atoms with van der Waals surface area (Å²) in [5.74, 6) is 0. The predicted octanol–water partition coefficient (Wildman–Crippen LogP) is 3.52. The Morgan fingerprint density at radius 3 is 2.94 bits per heavy atom. The van der Waals surface area contributed by atoms with Crippen molar-refractivity contribution in [2.24, 2.45) is 0 Å². The number of halogens is 1. The third-order valence-corrected chi connectivity index (χ3v) is 3.04. The number of rotatable bonds is 6. The molecule has 0 bridgehead atoms. The summed E-state index contributed by atoms with van der Waals surface area (Å²) in [4.78, 5) is 3.96. The van der Waals surface area contributed by atoms with Crippen molar-refractivity contribution >= 4 is 17.3 Å². The molecule has 0 aliphatic rings. The maximum atomic E-state index is 6.23. The molecule has 1 N–H and O–H groups in total. The minimum absolute atomic E-state index is 0.668. The Hall–Kier alpha value is -1.55. The SMILES string of the molecule is CCCCCNc1cccc(Cl)c1-n1cncn1. The zero-order chi connectivity index (χ0) is 12.8. The summed E-state index contributed by atoms with van der Waals surface area (Å²) in [5, 5.41) is 8.21. The molecule has 96 valence electrons. The Kier molecular flexibility index (Phi) is 4.59. The van der Waals surface area contributed by atoms with Crippen LogP contribution in [-0.4, -0.2) is 21.3 Å². The van der Waals surface area contributed by atoms with Crippen LogP contribution in [0.25, 0.3) is 5.69 Å². The first kappa shape index (κ1) is 12.9. The maximum Gasteiger partial charge on any atom is 0.138 e. The molecule has 1 aromatic carbocycles. The fraction of sp³-hybridized carbons (Fsp3) is 0.385. The van der Waals surface area contributed by atoms with Gasteiger partial charge in [-0.3, -0.25) is 0 Å². The second kappa shape index (κ2) is 6.40. The number of nitrogens with one attached hydrogen (secondary N) is 1. The van der Waals surface area contributed by atoms with Crippen molar-refractivity contribution in [3.63, 3.8) is 0 Å². The average molecular weight is 265 g/mol. The number of hydrogen-bond acceptors (Lipinski definition) is 3. The van der Waals surface area contributed by atoms with Gasteiger partial charge in [-0.1, -0.05) is 37.4 Å². The van der Waals surface area contributed by atoms with E-state index in [1.54, 1.807) is 11.0 Å². The Morgan fingerprint density at radius 1 is 1.33 bits per heavy atom. The van der Waals surface area contributed by atoms with Gasteiger partial charge in [-0.2, -0.15) is 5.10 Å². The summed E-state index contributed by atoms with van der Waals surface area (Å²) in [6.07, 6.45) is 6.75. The van der Waals surface area contributed by atoms with E-state index in [0.29, 0.717) is 5.02 Å². The number of anilines is 1. The molecular weight excluding hydrogens is 248 g/mol. The molecule has 0 radical (unpaired) electrons. The summed E-state index contributed by atoms with van der Waals surface area (Å²) >= 11 is 6.23. The second-order valence-corrected chi connectivity index (χ2v) is 4.52. The Balaban J connectivity index is 2.17. The first-order valence-corrected chi connectivity index (χ1v) is 6.58. The standard InChI is InChI=1S/C13H17ClN4/c1-2-3-4-8-16-12-7-5-6-11(14)13(12)18-10-15-9-17-18/h5-7,9-10,16H,2-4,8H2,1H3. The lowest BCUT2D eigenvalue weighted by Crippen LogP contribution is -2.06. The van der Waals surface area contributed by atoms with Gasteiger partial charge in [-0.15, -0.1) is 0 Å². The van der Waals surface area contributed by atoms with E-state index in [0.717, 1.165) is 24.3 Å². The van der Waals surface area contributed by atoms with Crippen LogP contribution in [0.3, 0.4) is 0 Å². The molecule has 4 nitrogen and oxygen atoms in total. The van der Waals surface area contributed by atoms with Crippen LogP contribution in [0.15, 0.2) is 30.9 Å². The molecule has 0 spiro atoms. The lowest BCUT2D eigenvalue weighted by Gasteiger charge is -2.12. The smallest absolute Gasteiger partial charge is 0.138 e. The molecule has 0 atom stereocenters. The van der Waals surface area contributed by atoms with Crippen molar-refractivity contribution in [1.82, 2.24) is 14.8 Å². The Bertz CT molecular complexity index is 482. The minimum Gasteiger partial charge on any atom is -0.383 e. The Labute approximate surface area is 112 Å². The first-order valence-electron chi connectivity index (χ1n) is 6.20. The minimum atomic E-state index is 0.668. The van der Waals surface area contributed by atoms with Gasteiger partial charge in [0.25, 0.3) is 0 Å². The van der Waals surface area contributed by atoms with Crippen LogP contribution in [0.4, 0.5) is 5.69 Å². The maximum absolute atomic E-state index is 6.23. The first-order chi connectivity index (χ1) is 8.83. The van der Waals surface area contributed by atoms with E-state index in [1.165, 1.54) is 19.2 Å². The largest absolute Gasteiger partial charge is 0.383 e. The van der Waals surface area contributed by atoms with E-state index >= 15 is 0 Å². The van der Waals surface area contributed by atoms with Crippen LogP contribution in [0.1, 0.15) is 26.2 Å². The topological polar surface area (TPSA) is 42.7 Å². The van der Waals surface area contributed by atoms with Gasteiger partial charge in [0.15, 0.2) is 0 Å². The van der Waals surface area contributed by atoms with Crippen LogP contribution in [0, 0.1) is 0 Å². The lowest BCUT2D eigenvalue weighted by molar-refractivity contribution is 0.743. The van der Waals surface area contributed by atoms with Crippen molar-refractivity contribution < 1.29 is 0 Å². The van der Waals surface area contributed by atoms with Crippen LogP contribution < -0.4 is 5.32 Å². The molecule has 0 unspecified atom stereocenters. The number of para-hydroxylation sites is 1. The highest BCUT2D eigenvalue weighted by Gasteiger charge is 2.09. The summed E-state index contributed by atoms with van der Waals surface area (Å²) < 4.78 is 1.69. The van der Waals surface area contributed by atoms with Gasteiger partial charge in [0.1, 0.15) is 18.3 Å². The number of unbranched alkanes of at least 4 members (excludes halogenated alkanes) is 2. The zero-order valence-corrected chi connectivity index (χ0v) is 11.2. The normalized spacial score (nSPS) is 10.6. The highest BCUT2D eigenvalue weighted by molar-refractivity contribution is 6.33. The molecule has 2 aromatic rings. The van der Waals surface area contributed by atoms with Gasteiger partial charge >= 0.3 is 0 Å². The summed E-state index contributed by atoms with van der Waals surface area (Å²) in [6, 6.07) is 5.80. The molecule has 0 saturated heterocycles. The molecular formula is C13H17ClN4. The lowest BCUT2D eigenvalue weighted by atomic mass is 10.2. The van der Waals surface area contributed by atoms with Crippen LogP contribution in [0.2, 0.25) is 5.02 Å². The van der Waals surface area contributed by atoms with Gasteiger partial charge in [0, 0.05) is 6.54 Å². The molecule has 0 aliphatic carbocycles. The van der Waals surface area contributed by atoms with E-state index in [9.17, 15) is 0 Å². The number of aromatic nitrogens is 3. The fourth-order valence-corrected chi connectivity index (χ4v) is 2.07. The van der Waals surface area contributed by atoms with Crippen molar-refractivity contribution in [3.05, 3.63) is 35.9 Å². The molecule has 0 saturated carbocycles. The number of benzene rings is 1. The van der Waals surface area contributed by atoms with Crippen LogP contribution >= 0.6 is 11.6 Å². The van der Waals surface area contributed by atoms with Gasteiger partial charge in [0.2, 0.25) is 0 Å². The predicted molar refractivity (Wildman–Crippen MR) is 74.4 cm³/mol. The molecule has 5 heteroatoms. The van der Waals surface area contributed by atoms with E-state index in [4.69, 9.17) is 11.6 Å². The van der Waals surface area contributed by atoms with Crippen LogP contribution in [0.5, 0.6) is 0 Å². The Morgan fingerprint density at radius 2 is 2.22 bits per heavy atom. The molecule has 0 fully saturated rings. The van der Waals surface area contributed by atoms with E-state index in [-0.39, 0.29) is 0 Å².